The van der Waals surface area contributed by atoms with Gasteiger partial charge in [0.25, 0.3) is 0 Å². The number of rotatable bonds is 3. The van der Waals surface area contributed by atoms with Gasteiger partial charge in [0, 0.05) is 29.0 Å². The summed E-state index contributed by atoms with van der Waals surface area (Å²) in [5.74, 6) is 0.0444. The number of para-hydroxylation sites is 1. The smallest absolute Gasteiger partial charge is 0.171 e. The van der Waals surface area contributed by atoms with Gasteiger partial charge in [-0.05, 0) is 24.3 Å². The van der Waals surface area contributed by atoms with Crippen LogP contribution in [0.25, 0.3) is 10.9 Å². The molecule has 19 heavy (non-hydrogen) atoms. The van der Waals surface area contributed by atoms with Crippen LogP contribution in [-0.2, 0) is 6.42 Å². The molecule has 0 bridgehead atoms. The lowest BCUT2D eigenvalue weighted by atomic mass is 10.0. The Bertz CT molecular complexity index is 718. The fourth-order valence-electron chi connectivity index (χ4n) is 2.09. The summed E-state index contributed by atoms with van der Waals surface area (Å²) in [4.78, 5) is 20.8. The molecule has 2 heterocycles. The number of hydrogen-bond acceptors (Lipinski definition) is 3. The number of Topliss-reactive ketones (excluding diaryl/α,β-unsaturated/α-hetero) is 1. The van der Waals surface area contributed by atoms with E-state index in [1.807, 2.05) is 48.5 Å². The molecule has 1 aromatic carbocycles. The number of pyridine rings is 2. The van der Waals surface area contributed by atoms with Crippen LogP contribution in [0.3, 0.4) is 0 Å². The van der Waals surface area contributed by atoms with Crippen molar-refractivity contribution in [2.24, 2.45) is 0 Å². The van der Waals surface area contributed by atoms with Gasteiger partial charge in [-0.1, -0.05) is 24.3 Å². The first-order valence-corrected chi connectivity index (χ1v) is 6.11. The predicted molar refractivity (Wildman–Crippen MR) is 74.0 cm³/mol. The van der Waals surface area contributed by atoms with Crippen molar-refractivity contribution in [2.75, 3.05) is 0 Å². The third-order valence-electron chi connectivity index (χ3n) is 3.00. The van der Waals surface area contributed by atoms with Crippen LogP contribution >= 0.6 is 0 Å². The summed E-state index contributed by atoms with van der Waals surface area (Å²) in [6.45, 7) is 0. The summed E-state index contributed by atoms with van der Waals surface area (Å²) < 4.78 is 0. The Labute approximate surface area is 111 Å². The van der Waals surface area contributed by atoms with Crippen molar-refractivity contribution in [1.82, 2.24) is 9.97 Å². The fourth-order valence-corrected chi connectivity index (χ4v) is 2.09. The van der Waals surface area contributed by atoms with Gasteiger partial charge >= 0.3 is 0 Å². The minimum Gasteiger partial charge on any atom is -0.294 e. The summed E-state index contributed by atoms with van der Waals surface area (Å²) in [5, 5.41) is 0.981. The van der Waals surface area contributed by atoms with E-state index < -0.39 is 0 Å². The quantitative estimate of drug-likeness (QED) is 0.669. The average Bonchev–Trinajstić information content (AvgIpc) is 2.47. The van der Waals surface area contributed by atoms with Crippen LogP contribution in [0.2, 0.25) is 0 Å². The van der Waals surface area contributed by atoms with Crippen molar-refractivity contribution in [2.45, 2.75) is 6.42 Å². The van der Waals surface area contributed by atoms with Crippen LogP contribution in [0.15, 0.2) is 60.9 Å². The first-order chi connectivity index (χ1) is 9.34. The van der Waals surface area contributed by atoms with E-state index in [1.165, 1.54) is 0 Å². The molecule has 0 radical (unpaired) electrons. The lowest BCUT2D eigenvalue weighted by molar-refractivity contribution is 0.0993. The first kappa shape index (κ1) is 11.5. The van der Waals surface area contributed by atoms with Gasteiger partial charge < -0.3 is 0 Å². The minimum absolute atomic E-state index is 0.0444. The van der Waals surface area contributed by atoms with Crippen LogP contribution in [0.4, 0.5) is 0 Å². The Morgan fingerprint density at radius 3 is 2.58 bits per heavy atom. The Balaban J connectivity index is 1.98. The van der Waals surface area contributed by atoms with Crippen molar-refractivity contribution in [3.8, 4) is 0 Å². The second-order valence-electron chi connectivity index (χ2n) is 4.30. The molecule has 0 aliphatic carbocycles. The number of aromatic nitrogens is 2. The highest BCUT2D eigenvalue weighted by Crippen LogP contribution is 2.17. The molecule has 2 aromatic heterocycles. The molecule has 0 saturated heterocycles. The topological polar surface area (TPSA) is 42.9 Å². The van der Waals surface area contributed by atoms with Gasteiger partial charge in [0.05, 0.1) is 11.9 Å². The number of fused-ring (bicyclic) bond motifs is 1. The van der Waals surface area contributed by atoms with Crippen LogP contribution in [0.1, 0.15) is 16.1 Å². The lowest BCUT2D eigenvalue weighted by Crippen LogP contribution is -2.06. The van der Waals surface area contributed by atoms with E-state index in [2.05, 4.69) is 9.97 Å². The number of carbonyl (C=O) groups excluding carboxylic acids is 1. The number of ketones is 1. The standard InChI is InChI=1S/C16H12N2O/c19-15(11-13-7-1-2-9-17-13)14-8-3-5-12-6-4-10-18-16(12)14/h1-10H,11H2. The van der Waals surface area contributed by atoms with Crippen LogP contribution in [0.5, 0.6) is 0 Å². The molecule has 0 amide bonds. The van der Waals surface area contributed by atoms with Crippen LogP contribution < -0.4 is 0 Å². The molecular formula is C16H12N2O. The number of nitrogens with zero attached hydrogens (tertiary/aromatic N) is 2. The summed E-state index contributed by atoms with van der Waals surface area (Å²) in [6, 6.07) is 15.1. The highest BCUT2D eigenvalue weighted by atomic mass is 16.1. The van der Waals surface area contributed by atoms with E-state index in [4.69, 9.17) is 0 Å². The summed E-state index contributed by atoms with van der Waals surface area (Å²) in [7, 11) is 0. The van der Waals surface area contributed by atoms with Gasteiger partial charge in [0.15, 0.2) is 5.78 Å². The zero-order valence-corrected chi connectivity index (χ0v) is 10.3. The van der Waals surface area contributed by atoms with Crippen molar-refractivity contribution in [3.63, 3.8) is 0 Å². The molecule has 0 fully saturated rings. The molecule has 0 N–H and O–H groups in total. The van der Waals surface area contributed by atoms with Crippen molar-refractivity contribution >= 4 is 16.7 Å². The van der Waals surface area contributed by atoms with E-state index in [9.17, 15) is 4.79 Å². The monoisotopic (exact) mass is 248 g/mol. The molecular weight excluding hydrogens is 236 g/mol. The van der Waals surface area contributed by atoms with Crippen LogP contribution in [-0.4, -0.2) is 15.8 Å². The fraction of sp³-hybridized carbons (Fsp3) is 0.0625. The second kappa shape index (κ2) is 4.98. The average molecular weight is 248 g/mol. The molecule has 0 spiro atoms. The summed E-state index contributed by atoms with van der Waals surface area (Å²) in [6.07, 6.45) is 3.71. The van der Waals surface area contributed by atoms with E-state index >= 15 is 0 Å². The SMILES string of the molecule is O=C(Cc1ccccn1)c1cccc2cccnc12. The highest BCUT2D eigenvalue weighted by Gasteiger charge is 2.11. The van der Waals surface area contributed by atoms with Gasteiger partial charge in [-0.15, -0.1) is 0 Å². The predicted octanol–water partition coefficient (Wildman–Crippen LogP) is 3.06. The maximum absolute atomic E-state index is 12.3. The van der Waals surface area contributed by atoms with E-state index in [0.717, 1.165) is 16.6 Å². The molecule has 0 atom stereocenters. The molecule has 0 saturated carbocycles. The molecule has 0 unspecified atom stereocenters. The Hall–Kier alpha value is -2.55. The number of benzene rings is 1. The molecule has 3 rings (SSSR count). The second-order valence-corrected chi connectivity index (χ2v) is 4.30. The zero-order chi connectivity index (χ0) is 13.1. The maximum Gasteiger partial charge on any atom is 0.171 e. The third kappa shape index (κ3) is 2.36. The lowest BCUT2D eigenvalue weighted by Gasteiger charge is -2.04. The Morgan fingerprint density at radius 1 is 0.895 bits per heavy atom. The van der Waals surface area contributed by atoms with Gasteiger partial charge in [-0.2, -0.15) is 0 Å². The third-order valence-corrected chi connectivity index (χ3v) is 3.00. The van der Waals surface area contributed by atoms with Gasteiger partial charge in [0.1, 0.15) is 0 Å². The van der Waals surface area contributed by atoms with Crippen molar-refractivity contribution < 1.29 is 4.79 Å². The van der Waals surface area contributed by atoms with Crippen molar-refractivity contribution in [3.05, 3.63) is 72.2 Å². The largest absolute Gasteiger partial charge is 0.294 e. The van der Waals surface area contributed by atoms with Gasteiger partial charge in [-0.3, -0.25) is 14.8 Å². The van der Waals surface area contributed by atoms with Crippen LogP contribution in [0, 0.1) is 0 Å². The zero-order valence-electron chi connectivity index (χ0n) is 10.3. The highest BCUT2D eigenvalue weighted by molar-refractivity contribution is 6.07. The molecule has 3 aromatic rings. The van der Waals surface area contributed by atoms with E-state index in [0.29, 0.717) is 12.0 Å². The first-order valence-electron chi connectivity index (χ1n) is 6.11. The summed E-state index contributed by atoms with van der Waals surface area (Å²) in [5.41, 5.74) is 2.19. The van der Waals surface area contributed by atoms with Gasteiger partial charge in [0.2, 0.25) is 0 Å². The Morgan fingerprint density at radius 2 is 1.74 bits per heavy atom. The number of hydrogen-bond donors (Lipinski definition) is 0. The maximum atomic E-state index is 12.3. The Kier molecular flexibility index (Phi) is 3.02. The van der Waals surface area contributed by atoms with Crippen molar-refractivity contribution in [1.29, 1.82) is 0 Å². The van der Waals surface area contributed by atoms with Gasteiger partial charge in [-0.25, -0.2) is 0 Å². The minimum atomic E-state index is 0.0444. The number of carbonyl (C=O) groups is 1. The molecule has 92 valence electrons. The molecule has 0 aliphatic heterocycles. The molecule has 3 heteroatoms. The molecule has 0 aliphatic rings. The van der Waals surface area contributed by atoms with E-state index in [-0.39, 0.29) is 5.78 Å². The molecule has 3 nitrogen and oxygen atoms in total. The summed E-state index contributed by atoms with van der Waals surface area (Å²) >= 11 is 0. The van der Waals surface area contributed by atoms with E-state index in [1.54, 1.807) is 12.4 Å². The normalized spacial score (nSPS) is 10.5.